The first-order valence-electron chi connectivity index (χ1n) is 8.23. The minimum atomic E-state index is -0.363. The molecule has 0 atom stereocenters. The molecule has 1 heterocycles. The van der Waals surface area contributed by atoms with Gasteiger partial charge >= 0.3 is 5.97 Å². The lowest BCUT2D eigenvalue weighted by molar-refractivity contribution is -0.231. The van der Waals surface area contributed by atoms with Gasteiger partial charge in [0.25, 0.3) is 0 Å². The second kappa shape index (κ2) is 8.91. The molecule has 0 radical (unpaired) electrons. The number of ether oxygens (including phenoxy) is 3. The van der Waals surface area contributed by atoms with E-state index in [-0.39, 0.29) is 24.3 Å². The summed E-state index contributed by atoms with van der Waals surface area (Å²) in [6.07, 6.45) is 3.09. The number of carbonyl (C=O) groups excluding carboxylic acids is 1. The van der Waals surface area contributed by atoms with Crippen LogP contribution in [0.4, 0.5) is 0 Å². The Hall–Kier alpha value is -1.39. The molecule has 0 bridgehead atoms. The Labute approximate surface area is 132 Å². The largest absolute Gasteiger partial charge is 0.457 e. The first kappa shape index (κ1) is 17.0. The van der Waals surface area contributed by atoms with Gasteiger partial charge in [0.2, 0.25) is 0 Å². The Morgan fingerprint density at radius 3 is 2.27 bits per heavy atom. The Kier molecular flexibility index (Phi) is 6.87. The zero-order chi connectivity index (χ0) is 15.8. The van der Waals surface area contributed by atoms with Crippen molar-refractivity contribution in [3.63, 3.8) is 0 Å². The van der Waals surface area contributed by atoms with Crippen LogP contribution in [0.15, 0.2) is 30.3 Å². The highest BCUT2D eigenvalue weighted by Crippen LogP contribution is 2.24. The first-order chi connectivity index (χ1) is 10.7. The number of hydrogen-bond acceptors (Lipinski definition) is 4. The number of esters is 1. The van der Waals surface area contributed by atoms with Gasteiger partial charge in [0, 0.05) is 5.56 Å². The summed E-state index contributed by atoms with van der Waals surface area (Å²) >= 11 is 0. The molecule has 0 amide bonds. The molecule has 0 unspecified atom stereocenters. The quantitative estimate of drug-likeness (QED) is 0.718. The maximum Gasteiger partial charge on any atom is 0.309 e. The van der Waals surface area contributed by atoms with Gasteiger partial charge in [-0.3, -0.25) is 4.79 Å². The molecule has 1 aliphatic heterocycles. The van der Waals surface area contributed by atoms with E-state index in [0.717, 1.165) is 31.2 Å². The van der Waals surface area contributed by atoms with E-state index in [0.29, 0.717) is 13.2 Å². The summed E-state index contributed by atoms with van der Waals surface area (Å²) in [6, 6.07) is 9.80. The fourth-order valence-electron chi connectivity index (χ4n) is 2.69. The number of hydrogen-bond donors (Lipinski definition) is 0. The van der Waals surface area contributed by atoms with Crippen molar-refractivity contribution in [2.75, 3.05) is 13.2 Å². The van der Waals surface area contributed by atoms with Gasteiger partial charge in [0.1, 0.15) is 6.10 Å². The predicted octanol–water partition coefficient (Wildman–Crippen LogP) is 3.86. The van der Waals surface area contributed by atoms with E-state index in [1.165, 1.54) is 0 Å². The molecule has 1 saturated heterocycles. The normalized spacial score (nSPS) is 21.8. The molecule has 122 valence electrons. The van der Waals surface area contributed by atoms with Gasteiger partial charge in [-0.05, 0) is 12.8 Å². The lowest BCUT2D eigenvalue weighted by Gasteiger charge is -2.30. The maximum absolute atomic E-state index is 12.2. The smallest absolute Gasteiger partial charge is 0.309 e. The zero-order valence-corrected chi connectivity index (χ0v) is 13.5. The Bertz CT molecular complexity index is 432. The molecule has 0 aliphatic carbocycles. The second-order valence-electron chi connectivity index (χ2n) is 5.74. The summed E-state index contributed by atoms with van der Waals surface area (Å²) < 4.78 is 16.9. The monoisotopic (exact) mass is 306 g/mol. The molecular weight excluding hydrogens is 280 g/mol. The van der Waals surface area contributed by atoms with Crippen LogP contribution in [0.25, 0.3) is 0 Å². The molecule has 1 aliphatic rings. The third-order valence-electron chi connectivity index (χ3n) is 3.83. The van der Waals surface area contributed by atoms with E-state index >= 15 is 0 Å². The molecule has 22 heavy (non-hydrogen) atoms. The van der Waals surface area contributed by atoms with Gasteiger partial charge in [0.15, 0.2) is 6.29 Å². The van der Waals surface area contributed by atoms with E-state index in [9.17, 15) is 4.79 Å². The fraction of sp³-hybridized carbons (Fsp3) is 0.611. The topological polar surface area (TPSA) is 44.8 Å². The van der Waals surface area contributed by atoms with Gasteiger partial charge in [-0.25, -0.2) is 0 Å². The van der Waals surface area contributed by atoms with Crippen molar-refractivity contribution in [1.82, 2.24) is 0 Å². The molecular formula is C18H26O4. The van der Waals surface area contributed by atoms with Gasteiger partial charge in [-0.2, -0.15) is 0 Å². The second-order valence-corrected chi connectivity index (χ2v) is 5.74. The van der Waals surface area contributed by atoms with Crippen molar-refractivity contribution < 1.29 is 19.0 Å². The maximum atomic E-state index is 12.2. The molecule has 0 aromatic heterocycles. The molecule has 2 rings (SSSR count). The van der Waals surface area contributed by atoms with Gasteiger partial charge in [-0.1, -0.05) is 57.0 Å². The van der Waals surface area contributed by atoms with Gasteiger partial charge in [0.05, 0.1) is 19.1 Å². The SMILES string of the molecule is CCCC(CCC)C(=O)OC1COC(c2ccccc2)OC1. The third kappa shape index (κ3) is 4.82. The molecule has 1 aromatic rings. The van der Waals surface area contributed by atoms with Crippen LogP contribution in [0.2, 0.25) is 0 Å². The van der Waals surface area contributed by atoms with Crippen molar-refractivity contribution in [2.45, 2.75) is 51.9 Å². The van der Waals surface area contributed by atoms with E-state index < -0.39 is 0 Å². The highest BCUT2D eigenvalue weighted by atomic mass is 16.7. The minimum absolute atomic E-state index is 0.00171. The Morgan fingerprint density at radius 1 is 1.14 bits per heavy atom. The Balaban J connectivity index is 1.80. The number of rotatable bonds is 7. The Morgan fingerprint density at radius 2 is 1.73 bits per heavy atom. The van der Waals surface area contributed by atoms with Crippen LogP contribution in [0.5, 0.6) is 0 Å². The standard InChI is InChI=1S/C18H26O4/c1-3-8-14(9-4-2)17(19)22-16-12-20-18(21-13-16)15-10-6-5-7-11-15/h5-7,10-11,14,16,18H,3-4,8-9,12-13H2,1-2H3. The van der Waals surface area contributed by atoms with E-state index in [4.69, 9.17) is 14.2 Å². The van der Waals surface area contributed by atoms with Gasteiger partial charge in [-0.15, -0.1) is 0 Å². The lowest BCUT2D eigenvalue weighted by Crippen LogP contribution is -2.36. The summed E-state index contributed by atoms with van der Waals surface area (Å²) in [6.45, 7) is 4.95. The molecule has 0 saturated carbocycles. The molecule has 4 nitrogen and oxygen atoms in total. The molecule has 0 spiro atoms. The summed E-state index contributed by atoms with van der Waals surface area (Å²) in [5.41, 5.74) is 0.988. The first-order valence-corrected chi connectivity index (χ1v) is 8.23. The summed E-state index contributed by atoms with van der Waals surface area (Å²) in [5.74, 6) is -0.110. The lowest BCUT2D eigenvalue weighted by atomic mass is 9.98. The van der Waals surface area contributed by atoms with Crippen molar-refractivity contribution >= 4 is 5.97 Å². The third-order valence-corrected chi connectivity index (χ3v) is 3.83. The minimum Gasteiger partial charge on any atom is -0.457 e. The summed E-state index contributed by atoms with van der Waals surface area (Å²) in [4.78, 5) is 12.2. The van der Waals surface area contributed by atoms with Crippen molar-refractivity contribution in [1.29, 1.82) is 0 Å². The molecule has 0 N–H and O–H groups in total. The van der Waals surface area contributed by atoms with Crippen LogP contribution in [0, 0.1) is 5.92 Å². The van der Waals surface area contributed by atoms with E-state index in [2.05, 4.69) is 13.8 Å². The average molecular weight is 306 g/mol. The number of benzene rings is 1. The fourth-order valence-corrected chi connectivity index (χ4v) is 2.69. The van der Waals surface area contributed by atoms with Crippen LogP contribution < -0.4 is 0 Å². The van der Waals surface area contributed by atoms with Crippen molar-refractivity contribution in [3.8, 4) is 0 Å². The van der Waals surface area contributed by atoms with E-state index in [1.54, 1.807) is 0 Å². The van der Waals surface area contributed by atoms with E-state index in [1.807, 2.05) is 30.3 Å². The van der Waals surface area contributed by atoms with Crippen molar-refractivity contribution in [2.24, 2.45) is 5.92 Å². The number of carbonyl (C=O) groups is 1. The zero-order valence-electron chi connectivity index (χ0n) is 13.5. The molecule has 1 fully saturated rings. The molecule has 4 heteroatoms. The van der Waals surface area contributed by atoms with Gasteiger partial charge < -0.3 is 14.2 Å². The van der Waals surface area contributed by atoms with Crippen LogP contribution in [-0.4, -0.2) is 25.3 Å². The molecule has 1 aromatic carbocycles. The van der Waals surface area contributed by atoms with Crippen LogP contribution in [0.1, 0.15) is 51.4 Å². The van der Waals surface area contributed by atoms with Crippen LogP contribution in [0.3, 0.4) is 0 Å². The summed E-state index contributed by atoms with van der Waals surface area (Å²) in [5, 5.41) is 0. The van der Waals surface area contributed by atoms with Crippen LogP contribution in [-0.2, 0) is 19.0 Å². The average Bonchev–Trinajstić information content (AvgIpc) is 2.56. The summed E-state index contributed by atoms with van der Waals surface area (Å²) in [7, 11) is 0. The van der Waals surface area contributed by atoms with Crippen LogP contribution >= 0.6 is 0 Å². The van der Waals surface area contributed by atoms with Crippen molar-refractivity contribution in [3.05, 3.63) is 35.9 Å². The predicted molar refractivity (Wildman–Crippen MR) is 84.3 cm³/mol. The highest BCUT2D eigenvalue weighted by molar-refractivity contribution is 5.72. The highest BCUT2D eigenvalue weighted by Gasteiger charge is 2.28.